The number of amides is 1. The van der Waals surface area contributed by atoms with Gasteiger partial charge in [0.05, 0.1) is 12.2 Å². The van der Waals surface area contributed by atoms with Gasteiger partial charge in [0.1, 0.15) is 12.4 Å². The number of carbonyl (C=O) groups is 1. The Morgan fingerprint density at radius 1 is 1.19 bits per heavy atom. The summed E-state index contributed by atoms with van der Waals surface area (Å²) in [4.78, 5) is 26.9. The molecule has 1 amide bonds. The van der Waals surface area contributed by atoms with Gasteiger partial charge in [-0.2, -0.15) is 0 Å². The van der Waals surface area contributed by atoms with Crippen LogP contribution in [0, 0.1) is 0 Å². The van der Waals surface area contributed by atoms with Crippen LogP contribution in [0.25, 0.3) is 11.4 Å². The minimum absolute atomic E-state index is 0.241. The molecular weight excluding hydrogens is 332 g/mol. The Kier molecular flexibility index (Phi) is 4.92. The quantitative estimate of drug-likeness (QED) is 0.830. The van der Waals surface area contributed by atoms with E-state index in [9.17, 15) is 4.79 Å². The SMILES string of the molecule is O=C1OCCN1CCNc1nc(-c2ccncc2)nc2c1CCNCC2. The monoisotopic (exact) mass is 354 g/mol. The number of pyridine rings is 1. The van der Waals surface area contributed by atoms with E-state index in [2.05, 4.69) is 15.6 Å². The maximum Gasteiger partial charge on any atom is 0.409 e. The zero-order valence-electron chi connectivity index (χ0n) is 14.6. The number of ether oxygens (including phenoxy) is 1. The number of anilines is 1. The van der Waals surface area contributed by atoms with E-state index in [-0.39, 0.29) is 6.09 Å². The molecule has 2 aliphatic heterocycles. The summed E-state index contributed by atoms with van der Waals surface area (Å²) in [5.41, 5.74) is 3.20. The van der Waals surface area contributed by atoms with Crippen molar-refractivity contribution >= 4 is 11.9 Å². The third-order valence-electron chi connectivity index (χ3n) is 4.64. The smallest absolute Gasteiger partial charge is 0.409 e. The molecule has 2 aromatic rings. The van der Waals surface area contributed by atoms with Crippen LogP contribution in [0.5, 0.6) is 0 Å². The molecule has 136 valence electrons. The average molecular weight is 354 g/mol. The molecule has 0 radical (unpaired) electrons. The summed E-state index contributed by atoms with van der Waals surface area (Å²) in [7, 11) is 0. The van der Waals surface area contributed by atoms with Crippen LogP contribution in [0.1, 0.15) is 11.3 Å². The molecule has 2 aromatic heterocycles. The fraction of sp³-hybridized carbons (Fsp3) is 0.444. The maximum atomic E-state index is 11.6. The standard InChI is InChI=1S/C18H22N6O2/c25-18-24(11-12-26-18)10-9-21-17-14-3-7-20-8-4-15(14)22-16(23-17)13-1-5-19-6-2-13/h1-2,5-6,20H,3-4,7-12H2,(H,21,22,23). The maximum absolute atomic E-state index is 11.6. The molecule has 0 aliphatic carbocycles. The number of carbonyl (C=O) groups excluding carboxylic acids is 1. The van der Waals surface area contributed by atoms with Gasteiger partial charge in [-0.05, 0) is 25.1 Å². The Hall–Kier alpha value is -2.74. The molecule has 0 atom stereocenters. The predicted octanol–water partition coefficient (Wildman–Crippen LogP) is 1.09. The van der Waals surface area contributed by atoms with E-state index < -0.39 is 0 Å². The van der Waals surface area contributed by atoms with Gasteiger partial charge in [-0.15, -0.1) is 0 Å². The number of rotatable bonds is 5. The van der Waals surface area contributed by atoms with E-state index >= 15 is 0 Å². The third kappa shape index (κ3) is 3.60. The summed E-state index contributed by atoms with van der Waals surface area (Å²) in [6.45, 7) is 4.17. The first kappa shape index (κ1) is 16.7. The Bertz CT molecular complexity index is 783. The fourth-order valence-corrected chi connectivity index (χ4v) is 3.26. The number of cyclic esters (lactones) is 1. The number of nitrogens with zero attached hydrogens (tertiary/aromatic N) is 4. The summed E-state index contributed by atoms with van der Waals surface area (Å²) in [6, 6.07) is 3.83. The number of fused-ring (bicyclic) bond motifs is 1. The summed E-state index contributed by atoms with van der Waals surface area (Å²) < 4.78 is 4.97. The van der Waals surface area contributed by atoms with E-state index in [0.29, 0.717) is 32.1 Å². The van der Waals surface area contributed by atoms with Crippen LogP contribution in [-0.2, 0) is 17.6 Å². The van der Waals surface area contributed by atoms with Gasteiger partial charge in [0.25, 0.3) is 0 Å². The molecule has 2 aliphatic rings. The molecular formula is C18H22N6O2. The largest absolute Gasteiger partial charge is 0.448 e. The molecule has 0 bridgehead atoms. The molecule has 0 saturated carbocycles. The van der Waals surface area contributed by atoms with Crippen molar-refractivity contribution in [2.75, 3.05) is 44.6 Å². The van der Waals surface area contributed by atoms with Crippen LogP contribution >= 0.6 is 0 Å². The van der Waals surface area contributed by atoms with Crippen LogP contribution < -0.4 is 10.6 Å². The third-order valence-corrected chi connectivity index (χ3v) is 4.64. The first-order valence-corrected chi connectivity index (χ1v) is 8.98. The van der Waals surface area contributed by atoms with Crippen molar-refractivity contribution in [1.82, 2.24) is 25.2 Å². The van der Waals surface area contributed by atoms with Gasteiger partial charge in [0.15, 0.2) is 5.82 Å². The van der Waals surface area contributed by atoms with E-state index in [1.54, 1.807) is 17.3 Å². The van der Waals surface area contributed by atoms with Crippen molar-refractivity contribution in [3.63, 3.8) is 0 Å². The van der Waals surface area contributed by atoms with Gasteiger partial charge in [0, 0.05) is 49.6 Å². The summed E-state index contributed by atoms with van der Waals surface area (Å²) in [5, 5.41) is 6.83. The predicted molar refractivity (Wildman–Crippen MR) is 97.0 cm³/mol. The molecule has 1 fully saturated rings. The Morgan fingerprint density at radius 2 is 2.04 bits per heavy atom. The Labute approximate surface area is 152 Å². The average Bonchev–Trinajstić information content (AvgIpc) is 2.93. The lowest BCUT2D eigenvalue weighted by molar-refractivity contribution is 0.159. The first-order valence-electron chi connectivity index (χ1n) is 8.98. The normalized spacial score (nSPS) is 16.8. The van der Waals surface area contributed by atoms with E-state index in [4.69, 9.17) is 14.7 Å². The number of hydrogen-bond acceptors (Lipinski definition) is 7. The Morgan fingerprint density at radius 3 is 2.85 bits per heavy atom. The molecule has 0 spiro atoms. The van der Waals surface area contributed by atoms with Gasteiger partial charge >= 0.3 is 6.09 Å². The van der Waals surface area contributed by atoms with Gasteiger partial charge in [-0.3, -0.25) is 4.98 Å². The second-order valence-corrected chi connectivity index (χ2v) is 6.34. The minimum Gasteiger partial charge on any atom is -0.448 e. The highest BCUT2D eigenvalue weighted by molar-refractivity contribution is 5.69. The second-order valence-electron chi connectivity index (χ2n) is 6.34. The van der Waals surface area contributed by atoms with Gasteiger partial charge in [-0.1, -0.05) is 0 Å². The molecule has 0 unspecified atom stereocenters. The molecule has 2 N–H and O–H groups in total. The molecule has 26 heavy (non-hydrogen) atoms. The van der Waals surface area contributed by atoms with Crippen molar-refractivity contribution in [1.29, 1.82) is 0 Å². The second kappa shape index (κ2) is 7.65. The van der Waals surface area contributed by atoms with Crippen LogP contribution in [0.3, 0.4) is 0 Å². The van der Waals surface area contributed by atoms with Crippen molar-refractivity contribution < 1.29 is 9.53 Å². The summed E-state index contributed by atoms with van der Waals surface area (Å²) in [5.74, 6) is 1.56. The lowest BCUT2D eigenvalue weighted by Gasteiger charge is -2.17. The fourth-order valence-electron chi connectivity index (χ4n) is 3.26. The van der Waals surface area contributed by atoms with Crippen LogP contribution in [0.15, 0.2) is 24.5 Å². The molecule has 8 nitrogen and oxygen atoms in total. The van der Waals surface area contributed by atoms with Crippen molar-refractivity contribution in [2.24, 2.45) is 0 Å². The molecule has 1 saturated heterocycles. The summed E-state index contributed by atoms with van der Waals surface area (Å²) >= 11 is 0. The molecule has 8 heteroatoms. The highest BCUT2D eigenvalue weighted by Crippen LogP contribution is 2.24. The van der Waals surface area contributed by atoms with E-state index in [0.717, 1.165) is 48.6 Å². The molecule has 4 heterocycles. The van der Waals surface area contributed by atoms with Crippen LogP contribution in [-0.4, -0.2) is 65.3 Å². The van der Waals surface area contributed by atoms with E-state index in [1.165, 1.54) is 0 Å². The zero-order valence-corrected chi connectivity index (χ0v) is 14.6. The first-order chi connectivity index (χ1) is 12.8. The highest BCUT2D eigenvalue weighted by atomic mass is 16.6. The zero-order chi connectivity index (χ0) is 17.8. The van der Waals surface area contributed by atoms with E-state index in [1.807, 2.05) is 12.1 Å². The van der Waals surface area contributed by atoms with Crippen molar-refractivity contribution in [3.05, 3.63) is 35.8 Å². The summed E-state index contributed by atoms with van der Waals surface area (Å²) in [6.07, 6.45) is 5.02. The lowest BCUT2D eigenvalue weighted by atomic mass is 10.1. The van der Waals surface area contributed by atoms with Gasteiger partial charge in [0.2, 0.25) is 0 Å². The van der Waals surface area contributed by atoms with Crippen LogP contribution in [0.4, 0.5) is 10.6 Å². The number of hydrogen-bond donors (Lipinski definition) is 2. The number of aromatic nitrogens is 3. The molecule has 4 rings (SSSR count). The lowest BCUT2D eigenvalue weighted by Crippen LogP contribution is -2.30. The Balaban J connectivity index is 1.57. The number of nitrogens with one attached hydrogen (secondary N) is 2. The highest BCUT2D eigenvalue weighted by Gasteiger charge is 2.22. The topological polar surface area (TPSA) is 92.3 Å². The van der Waals surface area contributed by atoms with Crippen LogP contribution in [0.2, 0.25) is 0 Å². The molecule has 0 aromatic carbocycles. The van der Waals surface area contributed by atoms with Gasteiger partial charge in [-0.25, -0.2) is 14.8 Å². The van der Waals surface area contributed by atoms with Crippen molar-refractivity contribution in [3.8, 4) is 11.4 Å². The van der Waals surface area contributed by atoms with Crippen molar-refractivity contribution in [2.45, 2.75) is 12.8 Å². The van der Waals surface area contributed by atoms with Gasteiger partial charge < -0.3 is 20.3 Å². The minimum atomic E-state index is -0.241.